The van der Waals surface area contributed by atoms with Crippen molar-refractivity contribution in [2.75, 3.05) is 0 Å². The fraction of sp³-hybridized carbons (Fsp3) is 0. The lowest BCUT2D eigenvalue weighted by Crippen LogP contribution is -1.97. The minimum Gasteiger partial charge on any atom is -0.309 e. The minimum absolute atomic E-state index is 0.653. The van der Waals surface area contributed by atoms with E-state index < -0.39 is 0 Å². The van der Waals surface area contributed by atoms with Crippen molar-refractivity contribution in [3.8, 4) is 39.7 Å². The van der Waals surface area contributed by atoms with Crippen LogP contribution in [0.3, 0.4) is 0 Å². The van der Waals surface area contributed by atoms with Crippen molar-refractivity contribution in [3.05, 3.63) is 169 Å². The summed E-state index contributed by atoms with van der Waals surface area (Å²) < 4.78 is 4.68. The summed E-state index contributed by atoms with van der Waals surface area (Å²) in [5.74, 6) is 0. The van der Waals surface area contributed by atoms with Crippen LogP contribution in [0, 0.1) is 11.3 Å². The molecular weight excluding hydrogens is 558 g/mol. The second-order valence-corrected chi connectivity index (χ2v) is 11.7. The summed E-state index contributed by atoms with van der Waals surface area (Å²) in [6.07, 6.45) is 0. The van der Waals surface area contributed by atoms with Gasteiger partial charge in [-0.15, -0.1) is 0 Å². The molecule has 0 saturated carbocycles. The van der Waals surface area contributed by atoms with Crippen molar-refractivity contribution in [1.29, 1.82) is 5.26 Å². The average molecular weight is 586 g/mol. The Hall–Kier alpha value is -6.37. The number of aromatic nitrogens is 2. The van der Waals surface area contributed by atoms with Crippen molar-refractivity contribution in [3.63, 3.8) is 0 Å². The highest BCUT2D eigenvalue weighted by Crippen LogP contribution is 2.39. The van der Waals surface area contributed by atoms with Gasteiger partial charge in [0.05, 0.1) is 39.4 Å². The van der Waals surface area contributed by atoms with Crippen LogP contribution in [0.5, 0.6) is 0 Å². The fourth-order valence-corrected chi connectivity index (χ4v) is 7.14. The van der Waals surface area contributed by atoms with Crippen LogP contribution in [-0.2, 0) is 0 Å². The second-order valence-electron chi connectivity index (χ2n) is 11.7. The normalized spacial score (nSPS) is 11.5. The summed E-state index contributed by atoms with van der Waals surface area (Å²) >= 11 is 0. The van der Waals surface area contributed by atoms with E-state index in [0.29, 0.717) is 5.56 Å². The standard InChI is InChI=1S/C43H27N3/c44-28-31-23-22-29(33-14-4-8-18-39(33)46-41-20-10-6-15-34(41)35-16-7-11-21-42(35)46)26-38(31)30-24-25-37-36-17-5-9-19-40(36)45(43(37)27-30)32-12-2-1-3-13-32/h1-27H. The number of hydrogen-bond acceptors (Lipinski definition) is 1. The number of rotatable bonds is 4. The maximum atomic E-state index is 10.3. The van der Waals surface area contributed by atoms with Gasteiger partial charge in [-0.25, -0.2) is 0 Å². The summed E-state index contributed by atoms with van der Waals surface area (Å²) in [6.45, 7) is 0. The number of para-hydroxylation sites is 5. The molecule has 0 radical (unpaired) electrons. The van der Waals surface area contributed by atoms with Gasteiger partial charge in [-0.05, 0) is 65.7 Å². The molecule has 2 heterocycles. The van der Waals surface area contributed by atoms with Gasteiger partial charge in [-0.3, -0.25) is 0 Å². The molecule has 0 N–H and O–H groups in total. The molecule has 0 saturated heterocycles. The first-order chi connectivity index (χ1) is 22.8. The summed E-state index contributed by atoms with van der Waals surface area (Å²) in [6, 6.07) is 60.1. The molecule has 9 rings (SSSR count). The van der Waals surface area contributed by atoms with E-state index in [1.54, 1.807) is 0 Å². The molecule has 0 amide bonds. The van der Waals surface area contributed by atoms with Gasteiger partial charge < -0.3 is 9.13 Å². The zero-order chi connectivity index (χ0) is 30.6. The van der Waals surface area contributed by atoms with Crippen molar-refractivity contribution < 1.29 is 0 Å². The summed E-state index contributed by atoms with van der Waals surface area (Å²) in [5.41, 5.74) is 11.6. The SMILES string of the molecule is N#Cc1ccc(-c2ccccc2-n2c3ccccc3c3ccccc32)cc1-c1ccc2c3ccccc3n(-c3ccccc3)c2c1. The molecule has 2 aromatic heterocycles. The molecule has 0 atom stereocenters. The van der Waals surface area contributed by atoms with Crippen molar-refractivity contribution in [2.24, 2.45) is 0 Å². The molecule has 0 unspecified atom stereocenters. The third-order valence-corrected chi connectivity index (χ3v) is 9.18. The number of fused-ring (bicyclic) bond motifs is 6. The molecule has 9 aromatic rings. The van der Waals surface area contributed by atoms with E-state index in [0.717, 1.165) is 44.7 Å². The van der Waals surface area contributed by atoms with Crippen LogP contribution in [-0.4, -0.2) is 9.13 Å². The largest absolute Gasteiger partial charge is 0.309 e. The summed E-state index contributed by atoms with van der Waals surface area (Å²) in [5, 5.41) is 15.1. The monoisotopic (exact) mass is 585 g/mol. The molecule has 7 aromatic carbocycles. The quantitative estimate of drug-likeness (QED) is 0.202. The molecular formula is C43H27N3. The van der Waals surface area contributed by atoms with Gasteiger partial charge in [0.2, 0.25) is 0 Å². The van der Waals surface area contributed by atoms with Gasteiger partial charge in [-0.1, -0.05) is 109 Å². The first-order valence-electron chi connectivity index (χ1n) is 15.5. The predicted octanol–water partition coefficient (Wildman–Crippen LogP) is 11.1. The van der Waals surface area contributed by atoms with Crippen LogP contribution in [0.4, 0.5) is 0 Å². The Morgan fingerprint density at radius 2 is 0.913 bits per heavy atom. The summed E-state index contributed by atoms with van der Waals surface area (Å²) in [4.78, 5) is 0. The molecule has 0 fully saturated rings. The highest BCUT2D eigenvalue weighted by molar-refractivity contribution is 6.11. The zero-order valence-electron chi connectivity index (χ0n) is 24.9. The van der Waals surface area contributed by atoms with Gasteiger partial charge in [0.1, 0.15) is 0 Å². The summed E-state index contributed by atoms with van der Waals surface area (Å²) in [7, 11) is 0. The van der Waals surface area contributed by atoms with E-state index in [9.17, 15) is 5.26 Å². The van der Waals surface area contributed by atoms with Gasteiger partial charge in [0.25, 0.3) is 0 Å². The number of nitrogens with zero attached hydrogens (tertiary/aromatic N) is 3. The lowest BCUT2D eigenvalue weighted by atomic mass is 9.93. The first kappa shape index (κ1) is 26.1. The Bertz CT molecular complexity index is 2600. The van der Waals surface area contributed by atoms with Crippen LogP contribution in [0.25, 0.3) is 77.2 Å². The Kier molecular flexibility index (Phi) is 5.88. The van der Waals surface area contributed by atoms with Crippen LogP contribution in [0.15, 0.2) is 164 Å². The fourth-order valence-electron chi connectivity index (χ4n) is 7.14. The van der Waals surface area contributed by atoms with Gasteiger partial charge >= 0.3 is 0 Å². The topological polar surface area (TPSA) is 33.6 Å². The third kappa shape index (κ3) is 3.91. The van der Waals surface area contributed by atoms with E-state index in [-0.39, 0.29) is 0 Å². The number of nitriles is 1. The van der Waals surface area contributed by atoms with Crippen molar-refractivity contribution in [2.45, 2.75) is 0 Å². The van der Waals surface area contributed by atoms with E-state index in [1.807, 2.05) is 12.1 Å². The van der Waals surface area contributed by atoms with Crippen LogP contribution in [0.2, 0.25) is 0 Å². The van der Waals surface area contributed by atoms with Gasteiger partial charge in [0.15, 0.2) is 0 Å². The smallest absolute Gasteiger partial charge is 0.0998 e. The van der Waals surface area contributed by atoms with Crippen molar-refractivity contribution >= 4 is 43.6 Å². The molecule has 0 aliphatic heterocycles. The lowest BCUT2D eigenvalue weighted by molar-refractivity contribution is 1.18. The molecule has 0 aliphatic rings. The molecule has 3 nitrogen and oxygen atoms in total. The van der Waals surface area contributed by atoms with E-state index >= 15 is 0 Å². The molecule has 3 heteroatoms. The minimum atomic E-state index is 0.653. The maximum Gasteiger partial charge on any atom is 0.0998 e. The van der Waals surface area contributed by atoms with E-state index in [2.05, 4.69) is 167 Å². The Morgan fingerprint density at radius 1 is 0.391 bits per heavy atom. The molecule has 0 bridgehead atoms. The number of benzene rings is 7. The Labute approximate surface area is 266 Å². The third-order valence-electron chi connectivity index (χ3n) is 9.18. The van der Waals surface area contributed by atoms with Crippen LogP contribution in [0.1, 0.15) is 5.56 Å². The zero-order valence-corrected chi connectivity index (χ0v) is 24.9. The second kappa shape index (κ2) is 10.4. The molecule has 0 spiro atoms. The highest BCUT2D eigenvalue weighted by Gasteiger charge is 2.18. The predicted molar refractivity (Wildman–Crippen MR) is 191 cm³/mol. The van der Waals surface area contributed by atoms with Crippen molar-refractivity contribution in [1.82, 2.24) is 9.13 Å². The van der Waals surface area contributed by atoms with E-state index in [4.69, 9.17) is 0 Å². The molecule has 46 heavy (non-hydrogen) atoms. The van der Waals surface area contributed by atoms with Gasteiger partial charge in [0, 0.05) is 38.4 Å². The average Bonchev–Trinajstić information content (AvgIpc) is 3.64. The molecule has 0 aliphatic carbocycles. The number of hydrogen-bond donors (Lipinski definition) is 0. The molecule has 214 valence electrons. The Balaban J connectivity index is 1.27. The Morgan fingerprint density at radius 3 is 1.59 bits per heavy atom. The lowest BCUT2D eigenvalue weighted by Gasteiger charge is -2.15. The maximum absolute atomic E-state index is 10.3. The van der Waals surface area contributed by atoms with E-state index in [1.165, 1.54) is 32.6 Å². The van der Waals surface area contributed by atoms with Gasteiger partial charge in [-0.2, -0.15) is 5.26 Å². The van der Waals surface area contributed by atoms with Crippen LogP contribution < -0.4 is 0 Å². The van der Waals surface area contributed by atoms with Crippen LogP contribution >= 0.6 is 0 Å². The highest BCUT2D eigenvalue weighted by atomic mass is 15.0. The first-order valence-corrected chi connectivity index (χ1v) is 15.5.